The monoisotopic (exact) mass is 321 g/mol. The highest BCUT2D eigenvalue weighted by atomic mass is 16.5. The van der Waals surface area contributed by atoms with E-state index in [0.717, 1.165) is 30.7 Å². The fraction of sp³-hybridized carbons (Fsp3) is 0.611. The lowest BCUT2D eigenvalue weighted by Crippen LogP contribution is -2.44. The summed E-state index contributed by atoms with van der Waals surface area (Å²) < 4.78 is 10.8. The minimum Gasteiger partial charge on any atom is -0.491 e. The molecule has 2 rings (SSSR count). The number of carbonyl (C=O) groups is 1. The molecule has 128 valence electrons. The van der Waals surface area contributed by atoms with Gasteiger partial charge in [0, 0.05) is 13.1 Å². The standard InChI is InChI=1S/C18H27NO4/c1-3-22-18(21)15-8-6-10-19(11-15)12-16(20)13-23-17-9-5-4-7-14(17)2/h4-5,7,9,15-16,20H,3,6,8,10-13H2,1-2H3/t15-,16+/m1/s1. The van der Waals surface area contributed by atoms with Crippen molar-refractivity contribution in [1.82, 2.24) is 4.90 Å². The number of hydrogen-bond acceptors (Lipinski definition) is 5. The van der Waals surface area contributed by atoms with E-state index >= 15 is 0 Å². The van der Waals surface area contributed by atoms with Crippen LogP contribution in [0.5, 0.6) is 5.75 Å². The largest absolute Gasteiger partial charge is 0.491 e. The number of nitrogens with zero attached hydrogens (tertiary/aromatic N) is 1. The molecule has 0 spiro atoms. The van der Waals surface area contributed by atoms with Crippen LogP contribution >= 0.6 is 0 Å². The van der Waals surface area contributed by atoms with Crippen LogP contribution in [0.4, 0.5) is 0 Å². The first-order valence-electron chi connectivity index (χ1n) is 8.35. The van der Waals surface area contributed by atoms with Gasteiger partial charge in [-0.15, -0.1) is 0 Å². The molecule has 23 heavy (non-hydrogen) atoms. The van der Waals surface area contributed by atoms with Gasteiger partial charge in [-0.1, -0.05) is 18.2 Å². The summed E-state index contributed by atoms with van der Waals surface area (Å²) in [5, 5.41) is 10.2. The molecule has 1 aliphatic rings. The Balaban J connectivity index is 1.77. The molecule has 0 saturated carbocycles. The summed E-state index contributed by atoms with van der Waals surface area (Å²) in [6.45, 7) is 6.55. The van der Waals surface area contributed by atoms with E-state index in [1.54, 1.807) is 0 Å². The van der Waals surface area contributed by atoms with Crippen LogP contribution in [0.3, 0.4) is 0 Å². The summed E-state index contributed by atoms with van der Waals surface area (Å²) in [5.41, 5.74) is 1.06. The average molecular weight is 321 g/mol. The molecule has 1 heterocycles. The zero-order valence-electron chi connectivity index (χ0n) is 14.0. The SMILES string of the molecule is CCOC(=O)[C@@H]1CCCN(C[C@H](O)COc2ccccc2C)C1. The number of hydrogen-bond donors (Lipinski definition) is 1. The van der Waals surface area contributed by atoms with Gasteiger partial charge >= 0.3 is 5.97 Å². The molecule has 1 aromatic carbocycles. The second-order valence-corrected chi connectivity index (χ2v) is 6.08. The van der Waals surface area contributed by atoms with Gasteiger partial charge in [0.15, 0.2) is 0 Å². The van der Waals surface area contributed by atoms with E-state index in [-0.39, 0.29) is 18.5 Å². The molecule has 5 nitrogen and oxygen atoms in total. The smallest absolute Gasteiger partial charge is 0.310 e. The minimum absolute atomic E-state index is 0.0758. The van der Waals surface area contributed by atoms with Crippen molar-refractivity contribution < 1.29 is 19.4 Å². The first kappa shape index (κ1) is 17.8. The number of β-amino-alcohol motifs (C(OH)–C–C–N with tert-alkyl or cyclic N) is 1. The summed E-state index contributed by atoms with van der Waals surface area (Å²) in [6, 6.07) is 7.77. The number of rotatable bonds is 7. The lowest BCUT2D eigenvalue weighted by Gasteiger charge is -2.32. The van der Waals surface area contributed by atoms with Crippen molar-refractivity contribution in [3.63, 3.8) is 0 Å². The maximum Gasteiger partial charge on any atom is 0.310 e. The number of aliphatic hydroxyl groups excluding tert-OH is 1. The predicted octanol–water partition coefficient (Wildman–Crippen LogP) is 2.01. The fourth-order valence-corrected chi connectivity index (χ4v) is 2.93. The molecular formula is C18H27NO4. The van der Waals surface area contributed by atoms with Gasteiger partial charge in [0.05, 0.1) is 12.5 Å². The number of aliphatic hydroxyl groups is 1. The van der Waals surface area contributed by atoms with Gasteiger partial charge in [-0.3, -0.25) is 9.69 Å². The molecule has 0 bridgehead atoms. The van der Waals surface area contributed by atoms with E-state index in [1.807, 2.05) is 38.1 Å². The van der Waals surface area contributed by atoms with E-state index in [2.05, 4.69) is 4.90 Å². The number of carbonyl (C=O) groups excluding carboxylic acids is 1. The van der Waals surface area contributed by atoms with Crippen LogP contribution in [0.2, 0.25) is 0 Å². The Labute approximate surface area is 138 Å². The van der Waals surface area contributed by atoms with Gasteiger partial charge < -0.3 is 14.6 Å². The zero-order valence-corrected chi connectivity index (χ0v) is 14.0. The number of aryl methyl sites for hydroxylation is 1. The van der Waals surface area contributed by atoms with Crippen molar-refractivity contribution in [3.8, 4) is 5.75 Å². The Morgan fingerprint density at radius 1 is 1.43 bits per heavy atom. The number of ether oxygens (including phenoxy) is 2. The quantitative estimate of drug-likeness (QED) is 0.779. The Kier molecular flexibility index (Phi) is 6.86. The van der Waals surface area contributed by atoms with E-state index in [1.165, 1.54) is 0 Å². The fourth-order valence-electron chi connectivity index (χ4n) is 2.93. The maximum atomic E-state index is 11.8. The molecule has 1 N–H and O–H groups in total. The minimum atomic E-state index is -0.574. The zero-order chi connectivity index (χ0) is 16.7. The number of benzene rings is 1. The van der Waals surface area contributed by atoms with Crippen LogP contribution in [-0.4, -0.2) is 54.9 Å². The lowest BCUT2D eigenvalue weighted by atomic mass is 9.98. The molecule has 0 aromatic heterocycles. The first-order chi connectivity index (χ1) is 11.1. The van der Waals surface area contributed by atoms with Gasteiger partial charge in [0.25, 0.3) is 0 Å². The highest BCUT2D eigenvalue weighted by Crippen LogP contribution is 2.19. The molecule has 5 heteroatoms. The molecule has 1 aliphatic heterocycles. The molecule has 0 unspecified atom stereocenters. The third kappa shape index (κ3) is 5.52. The van der Waals surface area contributed by atoms with Gasteiger partial charge in [-0.25, -0.2) is 0 Å². The number of para-hydroxylation sites is 1. The summed E-state index contributed by atoms with van der Waals surface area (Å²) in [4.78, 5) is 14.0. The second-order valence-electron chi connectivity index (χ2n) is 6.08. The Bertz CT molecular complexity index is 506. The average Bonchev–Trinajstić information content (AvgIpc) is 2.54. The van der Waals surface area contributed by atoms with Crippen LogP contribution in [0.1, 0.15) is 25.3 Å². The normalized spacial score (nSPS) is 20.0. The van der Waals surface area contributed by atoms with Crippen molar-refractivity contribution in [2.24, 2.45) is 5.92 Å². The summed E-state index contributed by atoms with van der Waals surface area (Å²) in [6.07, 6.45) is 1.25. The van der Waals surface area contributed by atoms with E-state index in [9.17, 15) is 9.90 Å². The third-order valence-corrected chi connectivity index (χ3v) is 4.12. The lowest BCUT2D eigenvalue weighted by molar-refractivity contribution is -0.150. The van der Waals surface area contributed by atoms with E-state index in [0.29, 0.717) is 19.7 Å². The van der Waals surface area contributed by atoms with Gasteiger partial charge in [0.2, 0.25) is 0 Å². The van der Waals surface area contributed by atoms with Gasteiger partial charge in [0.1, 0.15) is 18.5 Å². The number of piperidine rings is 1. The van der Waals surface area contributed by atoms with Crippen molar-refractivity contribution in [1.29, 1.82) is 0 Å². The summed E-state index contributed by atoms with van der Waals surface area (Å²) in [5.74, 6) is 0.602. The molecule has 1 fully saturated rings. The molecule has 0 amide bonds. The van der Waals surface area contributed by atoms with Crippen LogP contribution in [-0.2, 0) is 9.53 Å². The van der Waals surface area contributed by atoms with Crippen LogP contribution < -0.4 is 4.74 Å². The first-order valence-corrected chi connectivity index (χ1v) is 8.35. The third-order valence-electron chi connectivity index (χ3n) is 4.12. The Morgan fingerprint density at radius 3 is 2.96 bits per heavy atom. The molecular weight excluding hydrogens is 294 g/mol. The van der Waals surface area contributed by atoms with Crippen molar-refractivity contribution in [2.45, 2.75) is 32.8 Å². The molecule has 1 saturated heterocycles. The molecule has 1 aromatic rings. The summed E-state index contributed by atoms with van der Waals surface area (Å²) in [7, 11) is 0. The Morgan fingerprint density at radius 2 is 2.22 bits per heavy atom. The highest BCUT2D eigenvalue weighted by Gasteiger charge is 2.27. The number of esters is 1. The van der Waals surface area contributed by atoms with E-state index in [4.69, 9.17) is 9.47 Å². The van der Waals surface area contributed by atoms with Gasteiger partial charge in [-0.05, 0) is 44.9 Å². The Hall–Kier alpha value is -1.59. The van der Waals surface area contributed by atoms with Crippen molar-refractivity contribution in [2.75, 3.05) is 32.8 Å². The van der Waals surface area contributed by atoms with Gasteiger partial charge in [-0.2, -0.15) is 0 Å². The molecule has 0 aliphatic carbocycles. The maximum absolute atomic E-state index is 11.8. The van der Waals surface area contributed by atoms with Crippen LogP contribution in [0.25, 0.3) is 0 Å². The molecule has 2 atom stereocenters. The number of likely N-dealkylation sites (tertiary alicyclic amines) is 1. The topological polar surface area (TPSA) is 59.0 Å². The van der Waals surface area contributed by atoms with Crippen LogP contribution in [0.15, 0.2) is 24.3 Å². The second kappa shape index (κ2) is 8.89. The molecule has 0 radical (unpaired) electrons. The summed E-state index contributed by atoms with van der Waals surface area (Å²) >= 11 is 0. The predicted molar refractivity (Wildman–Crippen MR) is 88.5 cm³/mol. The highest BCUT2D eigenvalue weighted by molar-refractivity contribution is 5.72. The van der Waals surface area contributed by atoms with Crippen molar-refractivity contribution >= 4 is 5.97 Å². The van der Waals surface area contributed by atoms with Crippen molar-refractivity contribution in [3.05, 3.63) is 29.8 Å². The van der Waals surface area contributed by atoms with E-state index < -0.39 is 6.10 Å². The van der Waals surface area contributed by atoms with Crippen LogP contribution in [0, 0.1) is 12.8 Å².